The third kappa shape index (κ3) is 3.45. The molecule has 0 aliphatic heterocycles. The van der Waals surface area contributed by atoms with Gasteiger partial charge in [-0.1, -0.05) is 17.0 Å². The highest BCUT2D eigenvalue weighted by Gasteiger charge is 2.00. The van der Waals surface area contributed by atoms with Gasteiger partial charge in [0, 0.05) is 23.9 Å². The summed E-state index contributed by atoms with van der Waals surface area (Å²) >= 11 is 0. The van der Waals surface area contributed by atoms with E-state index >= 15 is 0 Å². The first-order valence-electron chi connectivity index (χ1n) is 4.64. The fourth-order valence-electron chi connectivity index (χ4n) is 1.09. The monoisotopic (exact) mass is 217 g/mol. The molecule has 5 nitrogen and oxygen atoms in total. The molecule has 82 valence electrons. The number of benzene rings is 1. The van der Waals surface area contributed by atoms with Crippen molar-refractivity contribution in [1.29, 1.82) is 0 Å². The van der Waals surface area contributed by atoms with Gasteiger partial charge in [-0.05, 0) is 17.7 Å². The molecule has 1 aromatic rings. The van der Waals surface area contributed by atoms with Gasteiger partial charge >= 0.3 is 0 Å². The summed E-state index contributed by atoms with van der Waals surface area (Å²) in [7, 11) is 1.51. The molecule has 0 radical (unpaired) electrons. The Morgan fingerprint density at radius 2 is 2.38 bits per heavy atom. The van der Waals surface area contributed by atoms with Crippen LogP contribution in [0.4, 0.5) is 0 Å². The number of phenols is 1. The molecule has 1 rings (SSSR count). The van der Waals surface area contributed by atoms with E-state index in [-0.39, 0.29) is 5.75 Å². The summed E-state index contributed by atoms with van der Waals surface area (Å²) in [5, 5.41) is 12.6. The molecule has 0 saturated carbocycles. The van der Waals surface area contributed by atoms with Crippen molar-refractivity contribution in [2.24, 2.45) is 5.11 Å². The molecule has 0 aliphatic carbocycles. The Balaban J connectivity index is 2.75. The summed E-state index contributed by atoms with van der Waals surface area (Å²) in [6.45, 7) is 0.351. The maximum Gasteiger partial charge on any atom is 0.138 e. The van der Waals surface area contributed by atoms with E-state index in [0.717, 1.165) is 0 Å². The van der Waals surface area contributed by atoms with Gasteiger partial charge in [-0.2, -0.15) is 0 Å². The van der Waals surface area contributed by atoms with Gasteiger partial charge in [0.05, 0.1) is 12.7 Å². The second-order valence-corrected chi connectivity index (χ2v) is 2.89. The minimum absolute atomic E-state index is 0.136. The summed E-state index contributed by atoms with van der Waals surface area (Å²) < 4.78 is 5.06. The fraction of sp³-hybridized carbons (Fsp3) is 0.273. The molecule has 0 fully saturated rings. The Kier molecular flexibility index (Phi) is 4.58. The number of ether oxygens (including phenoxy) is 1. The van der Waals surface area contributed by atoms with Crippen LogP contribution in [0, 0.1) is 11.8 Å². The Morgan fingerprint density at radius 1 is 1.56 bits per heavy atom. The number of rotatable bonds is 3. The lowest BCUT2D eigenvalue weighted by Crippen LogP contribution is -1.87. The smallest absolute Gasteiger partial charge is 0.138 e. The first kappa shape index (κ1) is 11.8. The average Bonchev–Trinajstić information content (AvgIpc) is 2.30. The number of hydrogen-bond donors (Lipinski definition) is 1. The largest absolute Gasteiger partial charge is 0.508 e. The summed E-state index contributed by atoms with van der Waals surface area (Å²) in [6, 6.07) is 4.71. The van der Waals surface area contributed by atoms with Crippen molar-refractivity contribution in [2.75, 3.05) is 13.7 Å². The van der Waals surface area contributed by atoms with Crippen LogP contribution < -0.4 is 4.74 Å². The number of aromatic hydroxyl groups is 1. The third-order valence-electron chi connectivity index (χ3n) is 1.81. The number of hydrogen-bond acceptors (Lipinski definition) is 3. The van der Waals surface area contributed by atoms with Gasteiger partial charge in [-0.25, -0.2) is 0 Å². The molecule has 16 heavy (non-hydrogen) atoms. The fourth-order valence-corrected chi connectivity index (χ4v) is 1.09. The van der Waals surface area contributed by atoms with E-state index in [9.17, 15) is 5.11 Å². The predicted molar refractivity (Wildman–Crippen MR) is 60.2 cm³/mol. The molecule has 0 bridgehead atoms. The Labute approximate surface area is 93.3 Å². The Morgan fingerprint density at radius 3 is 3.06 bits per heavy atom. The topological polar surface area (TPSA) is 78.2 Å². The van der Waals surface area contributed by atoms with Crippen LogP contribution in [-0.4, -0.2) is 18.8 Å². The molecule has 0 atom stereocenters. The van der Waals surface area contributed by atoms with Gasteiger partial charge in [0.1, 0.15) is 11.5 Å². The second-order valence-electron chi connectivity index (χ2n) is 2.89. The van der Waals surface area contributed by atoms with E-state index in [1.165, 1.54) is 13.2 Å². The first-order valence-corrected chi connectivity index (χ1v) is 4.64. The highest BCUT2D eigenvalue weighted by atomic mass is 16.5. The lowest BCUT2D eigenvalue weighted by molar-refractivity contribution is 0.406. The van der Waals surface area contributed by atoms with Gasteiger partial charge in [0.2, 0.25) is 0 Å². The molecular weight excluding hydrogens is 206 g/mol. The van der Waals surface area contributed by atoms with Crippen LogP contribution in [0.5, 0.6) is 11.5 Å². The van der Waals surface area contributed by atoms with Gasteiger partial charge < -0.3 is 9.84 Å². The van der Waals surface area contributed by atoms with Crippen molar-refractivity contribution < 1.29 is 9.84 Å². The summed E-state index contributed by atoms with van der Waals surface area (Å²) in [5.74, 6) is 6.40. The van der Waals surface area contributed by atoms with E-state index in [0.29, 0.717) is 24.3 Å². The van der Waals surface area contributed by atoms with Crippen molar-refractivity contribution in [3.8, 4) is 23.3 Å². The Hall–Kier alpha value is -2.31. The average molecular weight is 217 g/mol. The third-order valence-corrected chi connectivity index (χ3v) is 1.81. The van der Waals surface area contributed by atoms with E-state index in [4.69, 9.17) is 10.3 Å². The van der Waals surface area contributed by atoms with E-state index < -0.39 is 0 Å². The number of azide groups is 1. The van der Waals surface area contributed by atoms with Crippen LogP contribution in [-0.2, 0) is 0 Å². The van der Waals surface area contributed by atoms with Crippen molar-refractivity contribution in [2.45, 2.75) is 6.42 Å². The van der Waals surface area contributed by atoms with Crippen LogP contribution in [0.15, 0.2) is 23.3 Å². The maximum absolute atomic E-state index is 9.23. The standard InChI is InChI=1S/C11H11N3O2/c1-16-11-8-10(15)6-5-9(11)4-2-3-7-13-14-12/h5-6,8,15H,3,7H2,1H3. The molecule has 0 aromatic heterocycles. The van der Waals surface area contributed by atoms with Crippen LogP contribution in [0.3, 0.4) is 0 Å². The number of nitrogens with zero attached hydrogens (tertiary/aromatic N) is 3. The molecule has 1 aromatic carbocycles. The second kappa shape index (κ2) is 6.23. The van der Waals surface area contributed by atoms with Crippen molar-refractivity contribution in [1.82, 2.24) is 0 Å². The van der Waals surface area contributed by atoms with Crippen LogP contribution in [0.1, 0.15) is 12.0 Å². The molecule has 0 heterocycles. The van der Waals surface area contributed by atoms with Gasteiger partial charge in [-0.15, -0.1) is 0 Å². The summed E-state index contributed by atoms with van der Waals surface area (Å²) in [6.07, 6.45) is 0.494. The minimum Gasteiger partial charge on any atom is -0.508 e. The highest BCUT2D eigenvalue weighted by Crippen LogP contribution is 2.22. The van der Waals surface area contributed by atoms with E-state index in [1.807, 2.05) is 0 Å². The van der Waals surface area contributed by atoms with Crippen molar-refractivity contribution >= 4 is 0 Å². The predicted octanol–water partition coefficient (Wildman–Crippen LogP) is 2.45. The normalized spacial score (nSPS) is 8.56. The molecule has 0 unspecified atom stereocenters. The minimum atomic E-state index is 0.136. The zero-order chi connectivity index (χ0) is 11.8. The van der Waals surface area contributed by atoms with E-state index in [2.05, 4.69) is 21.9 Å². The molecule has 0 spiro atoms. The summed E-state index contributed by atoms with van der Waals surface area (Å²) in [5.41, 5.74) is 8.75. The molecular formula is C11H11N3O2. The van der Waals surface area contributed by atoms with Crippen molar-refractivity contribution in [3.63, 3.8) is 0 Å². The van der Waals surface area contributed by atoms with Crippen LogP contribution in [0.25, 0.3) is 10.4 Å². The van der Waals surface area contributed by atoms with Crippen LogP contribution in [0.2, 0.25) is 0 Å². The van der Waals surface area contributed by atoms with E-state index in [1.54, 1.807) is 12.1 Å². The molecule has 0 saturated heterocycles. The zero-order valence-electron chi connectivity index (χ0n) is 8.84. The van der Waals surface area contributed by atoms with Crippen molar-refractivity contribution in [3.05, 3.63) is 34.2 Å². The van der Waals surface area contributed by atoms with Crippen LogP contribution >= 0.6 is 0 Å². The van der Waals surface area contributed by atoms with Gasteiger partial charge in [0.25, 0.3) is 0 Å². The van der Waals surface area contributed by atoms with Gasteiger partial charge in [-0.3, -0.25) is 0 Å². The zero-order valence-corrected chi connectivity index (χ0v) is 8.84. The Bertz CT molecular complexity index is 468. The quantitative estimate of drug-likeness (QED) is 0.277. The molecule has 1 N–H and O–H groups in total. The molecule has 0 aliphatic rings. The maximum atomic E-state index is 9.23. The molecule has 5 heteroatoms. The molecule has 0 amide bonds. The number of phenolic OH excluding ortho intramolecular Hbond substituents is 1. The lowest BCUT2D eigenvalue weighted by Gasteiger charge is -2.02. The highest BCUT2D eigenvalue weighted by molar-refractivity contribution is 5.49. The summed E-state index contributed by atoms with van der Waals surface area (Å²) in [4.78, 5) is 2.63. The SMILES string of the molecule is COc1cc(O)ccc1C#CCCN=[N+]=[N-]. The lowest BCUT2D eigenvalue weighted by atomic mass is 10.2. The first-order chi connectivity index (χ1) is 7.77. The van der Waals surface area contributed by atoms with Gasteiger partial charge in [0.15, 0.2) is 0 Å². The number of methoxy groups -OCH3 is 1.